The van der Waals surface area contributed by atoms with Gasteiger partial charge in [0.2, 0.25) is 0 Å². The molecular weight excluding hydrogens is 377 g/mol. The van der Waals surface area contributed by atoms with Gasteiger partial charge in [-0.15, -0.1) is 0 Å². The molecule has 1 aromatic heterocycles. The number of hydrogen-bond donors (Lipinski definition) is 0. The summed E-state index contributed by atoms with van der Waals surface area (Å²) >= 11 is -0.0325. The van der Waals surface area contributed by atoms with Crippen molar-refractivity contribution >= 4 is 19.4 Å². The summed E-state index contributed by atoms with van der Waals surface area (Å²) in [5.41, 5.74) is 0.529. The van der Waals surface area contributed by atoms with E-state index in [1.165, 1.54) is 12.1 Å². The third-order valence-corrected chi connectivity index (χ3v) is 6.17. The maximum atomic E-state index is 14.3. The summed E-state index contributed by atoms with van der Waals surface area (Å²) in [6.07, 6.45) is 5.25. The third kappa shape index (κ3) is 4.02. The van der Waals surface area contributed by atoms with Gasteiger partial charge in [-0.2, -0.15) is 0 Å². The van der Waals surface area contributed by atoms with E-state index in [2.05, 4.69) is 4.98 Å². The number of ether oxygens (including phenoxy) is 1. The molecule has 24 heavy (non-hydrogen) atoms. The SMILES string of the molecule is COc1ccc([Se]C(Cn2ccnc2)c2ccc(F)cc2F)cc1. The predicted molar refractivity (Wildman–Crippen MR) is 89.7 cm³/mol. The minimum atomic E-state index is -0.561. The normalized spacial score (nSPS) is 12.1. The quantitative estimate of drug-likeness (QED) is 0.603. The molecule has 0 radical (unpaired) electrons. The maximum absolute atomic E-state index is 14.3. The zero-order valence-corrected chi connectivity index (χ0v) is 14.7. The Morgan fingerprint density at radius 2 is 1.96 bits per heavy atom. The zero-order valence-electron chi connectivity index (χ0n) is 13.0. The summed E-state index contributed by atoms with van der Waals surface area (Å²) in [6.45, 7) is 0.592. The van der Waals surface area contributed by atoms with Crippen molar-refractivity contribution in [2.24, 2.45) is 0 Å². The number of nitrogens with zero attached hydrogens (tertiary/aromatic N) is 2. The molecule has 0 amide bonds. The van der Waals surface area contributed by atoms with Crippen LogP contribution >= 0.6 is 0 Å². The van der Waals surface area contributed by atoms with E-state index in [0.29, 0.717) is 12.1 Å². The summed E-state index contributed by atoms with van der Waals surface area (Å²) < 4.78 is 35.7. The molecule has 6 heteroatoms. The summed E-state index contributed by atoms with van der Waals surface area (Å²) in [5, 5.41) is 0. The second-order valence-corrected chi connectivity index (χ2v) is 7.88. The fraction of sp³-hybridized carbons (Fsp3) is 0.167. The molecule has 0 saturated heterocycles. The van der Waals surface area contributed by atoms with Gasteiger partial charge in [0.15, 0.2) is 0 Å². The number of methoxy groups -OCH3 is 1. The van der Waals surface area contributed by atoms with Crippen LogP contribution in [-0.4, -0.2) is 31.6 Å². The topological polar surface area (TPSA) is 27.1 Å². The third-order valence-electron chi connectivity index (χ3n) is 3.58. The van der Waals surface area contributed by atoms with Crippen LogP contribution in [0.25, 0.3) is 0 Å². The van der Waals surface area contributed by atoms with Crippen molar-refractivity contribution in [2.75, 3.05) is 7.11 Å². The van der Waals surface area contributed by atoms with Crippen molar-refractivity contribution in [2.45, 2.75) is 11.4 Å². The van der Waals surface area contributed by atoms with Crippen molar-refractivity contribution in [3.05, 3.63) is 78.4 Å². The Bertz CT molecular complexity index is 791. The van der Waals surface area contributed by atoms with Crippen molar-refractivity contribution in [1.29, 1.82) is 0 Å². The van der Waals surface area contributed by atoms with E-state index in [0.717, 1.165) is 16.3 Å². The number of benzene rings is 2. The second kappa shape index (κ2) is 7.60. The first-order chi connectivity index (χ1) is 11.7. The Kier molecular flexibility index (Phi) is 5.28. The first-order valence-corrected chi connectivity index (χ1v) is 9.21. The Labute approximate surface area is 145 Å². The van der Waals surface area contributed by atoms with Crippen molar-refractivity contribution in [3.63, 3.8) is 0 Å². The summed E-state index contributed by atoms with van der Waals surface area (Å²) in [5.74, 6) is -0.279. The molecule has 1 unspecified atom stereocenters. The monoisotopic (exact) mass is 394 g/mol. The Hall–Kier alpha value is -2.17. The molecule has 1 heterocycles. The zero-order chi connectivity index (χ0) is 16.9. The van der Waals surface area contributed by atoms with Gasteiger partial charge >= 0.3 is 145 Å². The minimum absolute atomic E-state index is 0.0325. The summed E-state index contributed by atoms with van der Waals surface area (Å²) in [7, 11) is 1.62. The molecule has 124 valence electrons. The van der Waals surface area contributed by atoms with Crippen LogP contribution in [0, 0.1) is 11.6 Å². The van der Waals surface area contributed by atoms with E-state index in [-0.39, 0.29) is 19.8 Å². The van der Waals surface area contributed by atoms with Gasteiger partial charge in [-0.25, -0.2) is 0 Å². The van der Waals surface area contributed by atoms with E-state index in [4.69, 9.17) is 4.74 Å². The number of hydrogen-bond acceptors (Lipinski definition) is 2. The molecule has 3 aromatic rings. The van der Waals surface area contributed by atoms with Crippen molar-refractivity contribution < 1.29 is 13.5 Å². The molecule has 0 fully saturated rings. The first kappa shape index (κ1) is 16.7. The molecule has 0 aliphatic carbocycles. The van der Waals surface area contributed by atoms with Crippen LogP contribution in [0.2, 0.25) is 0 Å². The number of aromatic nitrogens is 2. The van der Waals surface area contributed by atoms with Gasteiger partial charge in [-0.1, -0.05) is 0 Å². The molecule has 3 rings (SSSR count). The average molecular weight is 393 g/mol. The van der Waals surface area contributed by atoms with Gasteiger partial charge in [0.1, 0.15) is 0 Å². The summed E-state index contributed by atoms with van der Waals surface area (Å²) in [4.78, 5) is 3.97. The van der Waals surface area contributed by atoms with E-state index in [1.807, 2.05) is 35.0 Å². The standard InChI is InChI=1S/C18H16F2N2OSe/c1-23-14-3-5-15(6-4-14)24-18(11-22-9-8-21-12-22)16-7-2-13(19)10-17(16)20/h2-10,12,18H,11H2,1H3. The molecule has 1 atom stereocenters. The van der Waals surface area contributed by atoms with Crippen LogP contribution < -0.4 is 9.20 Å². The second-order valence-electron chi connectivity index (χ2n) is 5.21. The molecule has 0 aliphatic rings. The van der Waals surface area contributed by atoms with Crippen molar-refractivity contribution in [1.82, 2.24) is 9.55 Å². The van der Waals surface area contributed by atoms with E-state index >= 15 is 0 Å². The molecule has 2 aromatic carbocycles. The first-order valence-electron chi connectivity index (χ1n) is 7.37. The van der Waals surface area contributed by atoms with E-state index < -0.39 is 11.6 Å². The molecule has 3 nitrogen and oxygen atoms in total. The Morgan fingerprint density at radius 3 is 2.58 bits per heavy atom. The van der Waals surface area contributed by atoms with Crippen LogP contribution in [0.4, 0.5) is 8.78 Å². The number of halogens is 2. The van der Waals surface area contributed by atoms with Gasteiger partial charge in [-0.3, -0.25) is 0 Å². The number of imidazole rings is 1. The molecule has 0 N–H and O–H groups in total. The molecule has 0 spiro atoms. The van der Waals surface area contributed by atoms with Gasteiger partial charge in [-0.05, 0) is 0 Å². The summed E-state index contributed by atoms with van der Waals surface area (Å²) in [6, 6.07) is 11.6. The van der Waals surface area contributed by atoms with Gasteiger partial charge in [0, 0.05) is 0 Å². The predicted octanol–water partition coefficient (Wildman–Crippen LogP) is 2.94. The molecular formula is C18H16F2N2OSe. The molecule has 0 aliphatic heterocycles. The Balaban J connectivity index is 1.88. The fourth-order valence-corrected chi connectivity index (χ4v) is 4.86. The van der Waals surface area contributed by atoms with E-state index in [9.17, 15) is 8.78 Å². The van der Waals surface area contributed by atoms with Crippen LogP contribution in [0.3, 0.4) is 0 Å². The van der Waals surface area contributed by atoms with Gasteiger partial charge in [0.05, 0.1) is 0 Å². The number of rotatable bonds is 6. The van der Waals surface area contributed by atoms with Crippen LogP contribution in [0.1, 0.15) is 10.4 Å². The van der Waals surface area contributed by atoms with Gasteiger partial charge in [0.25, 0.3) is 0 Å². The van der Waals surface area contributed by atoms with E-state index in [1.54, 1.807) is 19.6 Å². The van der Waals surface area contributed by atoms with Crippen LogP contribution in [0.15, 0.2) is 61.2 Å². The molecule has 0 saturated carbocycles. The van der Waals surface area contributed by atoms with Crippen molar-refractivity contribution in [3.8, 4) is 5.75 Å². The fourth-order valence-electron chi connectivity index (χ4n) is 2.37. The molecule has 0 bridgehead atoms. The Morgan fingerprint density at radius 1 is 1.17 bits per heavy atom. The van der Waals surface area contributed by atoms with Crippen LogP contribution in [0.5, 0.6) is 5.75 Å². The van der Waals surface area contributed by atoms with Crippen LogP contribution in [-0.2, 0) is 6.54 Å². The average Bonchev–Trinajstić information content (AvgIpc) is 3.08. The van der Waals surface area contributed by atoms with Gasteiger partial charge < -0.3 is 0 Å².